The quantitative estimate of drug-likeness (QED) is 0.0667. The van der Waals surface area contributed by atoms with Crippen molar-refractivity contribution in [3.8, 4) is 6.07 Å². The monoisotopic (exact) mass is 1160 g/mol. The Hall–Kier alpha value is -2.19. The Kier molecular flexibility index (Phi) is 22.3. The van der Waals surface area contributed by atoms with Crippen LogP contribution >= 0.6 is 34.4 Å². The standard InChI is InChI=1S/C51H82FIN6O13S/c1-28-23-49(7,64)45(30(3)41(70-39-24-50(8,67-13)44(62)33(6)69-39)31(4)46(63)72-48(53)51(9,65)43(61)32(5)58(11)26-28)71-47-40(60)37(22-29(2)68-47)57(10)20-18-35-27-59(56-55-35)38(25-52)42(66-12)34-14-16-36(17-15-34)73-21-19-54/h14-17,27-33,37-45,47-48,60-62,64-65H,18,20-26H2,1-13H3/t28-,29-,30+,31-,32-,33+,37+,38-,39+,40-,41+,42-,43-,44+,45-,47+,48+,49-,50-,51+/m1/s1. The molecule has 22 heteroatoms. The first kappa shape index (κ1) is 61.7. The molecule has 0 bridgehead atoms. The largest absolute Gasteiger partial charge is 0.448 e. The highest BCUT2D eigenvalue weighted by molar-refractivity contribution is 14.1. The van der Waals surface area contributed by atoms with Crippen LogP contribution in [-0.4, -0.2) is 198 Å². The van der Waals surface area contributed by atoms with Crippen molar-refractivity contribution < 1.29 is 67.9 Å². The lowest BCUT2D eigenvalue weighted by Crippen LogP contribution is -2.60. The van der Waals surface area contributed by atoms with Crippen LogP contribution in [0.15, 0.2) is 35.4 Å². The van der Waals surface area contributed by atoms with Crippen molar-refractivity contribution in [2.24, 2.45) is 17.8 Å². The predicted molar refractivity (Wildman–Crippen MR) is 278 cm³/mol. The van der Waals surface area contributed by atoms with Gasteiger partial charge in [0, 0.05) is 69.2 Å². The summed E-state index contributed by atoms with van der Waals surface area (Å²) in [6, 6.07) is 7.67. The summed E-state index contributed by atoms with van der Waals surface area (Å²) in [6.45, 7) is 15.6. The second kappa shape index (κ2) is 26.4. The molecule has 414 valence electrons. The van der Waals surface area contributed by atoms with Gasteiger partial charge in [0.25, 0.3) is 0 Å². The molecule has 19 nitrogen and oxygen atoms in total. The molecular formula is C51H82FIN6O13S. The summed E-state index contributed by atoms with van der Waals surface area (Å²) >= 11 is 3.22. The van der Waals surface area contributed by atoms with Crippen LogP contribution in [0.5, 0.6) is 0 Å². The van der Waals surface area contributed by atoms with Gasteiger partial charge in [-0.2, -0.15) is 5.26 Å². The molecule has 3 aliphatic heterocycles. The first-order chi connectivity index (χ1) is 34.2. The number of nitrogens with zero attached hydrogens (tertiary/aromatic N) is 6. The van der Waals surface area contributed by atoms with E-state index < -0.39 is 125 Å². The zero-order valence-corrected chi connectivity index (χ0v) is 47.7. The number of hydrogen-bond donors (Lipinski definition) is 5. The normalized spacial score (nSPS) is 39.5. The van der Waals surface area contributed by atoms with Crippen molar-refractivity contribution in [1.29, 1.82) is 5.26 Å². The fraction of sp³-hybridized carbons (Fsp3) is 0.804. The zero-order chi connectivity index (χ0) is 54.3. The SMILES string of the molecule is CO[C@H](c1ccc(SCC#N)cc1)[C@@H](CF)n1cc(CCN(C)[C@H]2C[C@@H](C)O[C@@H](O[C@@H]3[C@@H](C)[C@H](O[C@H]4C[C@@](C)(OC)[C@@H](O)[C@H](C)O4)[C@@H](C)C(=O)O[C@H](I)[C@@](C)(O)[C@H](O)[C@@H](C)N(C)C[C@H](C)C[C@@]3(C)O)[C@@H]2O)nn1. The third-order valence-electron chi connectivity index (χ3n) is 15.4. The van der Waals surface area contributed by atoms with Crippen molar-refractivity contribution in [3.05, 3.63) is 41.7 Å². The van der Waals surface area contributed by atoms with Crippen LogP contribution in [0.4, 0.5) is 4.39 Å². The van der Waals surface area contributed by atoms with E-state index in [0.29, 0.717) is 37.4 Å². The number of carbonyl (C=O) groups excluding carboxylic acids is 1. The number of thioether (sulfide) groups is 1. The molecule has 0 amide bonds. The van der Waals surface area contributed by atoms with E-state index in [-0.39, 0.29) is 18.8 Å². The number of aliphatic hydroxyl groups is 5. The molecule has 1 aromatic heterocycles. The van der Waals surface area contributed by atoms with Crippen molar-refractivity contribution >= 4 is 40.3 Å². The molecule has 3 aliphatic rings. The van der Waals surface area contributed by atoms with Crippen LogP contribution in [-0.2, 0) is 44.4 Å². The third-order valence-corrected chi connectivity index (χ3v) is 17.8. The van der Waals surface area contributed by atoms with Gasteiger partial charge in [0.05, 0.1) is 59.1 Å². The Morgan fingerprint density at radius 2 is 1.70 bits per heavy atom. The summed E-state index contributed by atoms with van der Waals surface area (Å²) in [6.07, 6.45) is -7.17. The summed E-state index contributed by atoms with van der Waals surface area (Å²) in [7, 11) is 6.69. The number of ether oxygens (including phenoxy) is 7. The molecule has 4 heterocycles. The number of likely N-dealkylation sites (N-methyl/N-ethyl adjacent to an activating group) is 2. The van der Waals surface area contributed by atoms with Gasteiger partial charge < -0.3 is 68.5 Å². The van der Waals surface area contributed by atoms with Crippen molar-refractivity contribution in [3.63, 3.8) is 0 Å². The molecule has 1 aromatic carbocycles. The maximum absolute atomic E-state index is 14.8. The number of nitriles is 1. The smallest absolute Gasteiger partial charge is 0.312 e. The molecule has 3 fully saturated rings. The molecule has 0 unspecified atom stereocenters. The lowest BCUT2D eigenvalue weighted by Gasteiger charge is -2.49. The van der Waals surface area contributed by atoms with E-state index in [2.05, 4.69) is 16.4 Å². The van der Waals surface area contributed by atoms with Gasteiger partial charge in [-0.25, -0.2) is 9.07 Å². The van der Waals surface area contributed by atoms with E-state index in [4.69, 9.17) is 38.4 Å². The number of cyclic esters (lactones) is 1. The van der Waals surface area contributed by atoms with Crippen LogP contribution in [0, 0.1) is 29.1 Å². The number of alkyl halides is 2. The second-order valence-corrected chi connectivity index (χ2v) is 23.6. The number of carbonyl (C=O) groups is 1. The van der Waals surface area contributed by atoms with Gasteiger partial charge in [0.1, 0.15) is 42.7 Å². The van der Waals surface area contributed by atoms with E-state index in [1.54, 1.807) is 47.7 Å². The Morgan fingerprint density at radius 1 is 1.03 bits per heavy atom. The first-order valence-corrected chi connectivity index (χ1v) is 27.5. The number of methoxy groups -OCH3 is 2. The third kappa shape index (κ3) is 14.9. The van der Waals surface area contributed by atoms with Crippen molar-refractivity contribution in [2.45, 2.75) is 193 Å². The summed E-state index contributed by atoms with van der Waals surface area (Å²) in [5.74, 6) is -2.61. The zero-order valence-electron chi connectivity index (χ0n) is 44.7. The summed E-state index contributed by atoms with van der Waals surface area (Å²) < 4.78 is 58.8. The van der Waals surface area contributed by atoms with Crippen LogP contribution in [0.2, 0.25) is 0 Å². The van der Waals surface area contributed by atoms with E-state index in [9.17, 15) is 34.7 Å². The minimum atomic E-state index is -1.88. The molecule has 20 atom stereocenters. The number of hydrogen-bond acceptors (Lipinski definition) is 19. The van der Waals surface area contributed by atoms with Gasteiger partial charge >= 0.3 is 5.97 Å². The highest BCUT2D eigenvalue weighted by Crippen LogP contribution is 2.41. The van der Waals surface area contributed by atoms with Crippen LogP contribution in [0.25, 0.3) is 0 Å². The van der Waals surface area contributed by atoms with E-state index in [1.807, 2.05) is 84.6 Å². The predicted octanol–water partition coefficient (Wildman–Crippen LogP) is 4.60. The van der Waals surface area contributed by atoms with Gasteiger partial charge in [-0.05, 0) is 122 Å². The van der Waals surface area contributed by atoms with E-state index in [1.165, 1.54) is 37.6 Å². The molecule has 5 N–H and O–H groups in total. The average molecular weight is 1170 g/mol. The first-order valence-electron chi connectivity index (χ1n) is 25.2. The summed E-state index contributed by atoms with van der Waals surface area (Å²) in [5.41, 5.74) is -3.28. The topological polar surface area (TPSA) is 244 Å². The van der Waals surface area contributed by atoms with Gasteiger partial charge in [-0.1, -0.05) is 31.2 Å². The Bertz CT molecular complexity index is 2090. The Morgan fingerprint density at radius 3 is 2.32 bits per heavy atom. The number of rotatable bonds is 16. The summed E-state index contributed by atoms with van der Waals surface area (Å²) in [5, 5.41) is 77.0. The molecule has 5 rings (SSSR count). The van der Waals surface area contributed by atoms with Crippen LogP contribution < -0.4 is 0 Å². The number of halogens is 2. The van der Waals surface area contributed by atoms with Gasteiger partial charge in [-0.15, -0.1) is 16.9 Å². The lowest BCUT2D eigenvalue weighted by molar-refractivity contribution is -0.318. The molecule has 0 radical (unpaired) electrons. The van der Waals surface area contributed by atoms with Gasteiger partial charge in [0.15, 0.2) is 16.7 Å². The fourth-order valence-corrected chi connectivity index (χ4v) is 12.0. The number of esters is 1. The molecule has 0 saturated carbocycles. The van der Waals surface area contributed by atoms with Crippen LogP contribution in [0.1, 0.15) is 105 Å². The van der Waals surface area contributed by atoms with Crippen molar-refractivity contribution in [2.75, 3.05) is 53.8 Å². The van der Waals surface area contributed by atoms with E-state index >= 15 is 0 Å². The van der Waals surface area contributed by atoms with Crippen LogP contribution in [0.3, 0.4) is 0 Å². The average Bonchev–Trinajstić information content (AvgIpc) is 3.82. The Labute approximate surface area is 448 Å². The second-order valence-electron chi connectivity index (χ2n) is 21.4. The van der Waals surface area contributed by atoms with Crippen molar-refractivity contribution in [1.82, 2.24) is 24.8 Å². The van der Waals surface area contributed by atoms with Gasteiger partial charge in [-0.3, -0.25) is 4.79 Å². The van der Waals surface area contributed by atoms with Gasteiger partial charge in [0.2, 0.25) is 0 Å². The fourth-order valence-electron chi connectivity index (χ4n) is 10.8. The molecule has 0 aliphatic carbocycles. The molecular weight excluding hydrogens is 1080 g/mol. The lowest BCUT2D eigenvalue weighted by atomic mass is 9.77. The maximum atomic E-state index is 14.8. The molecule has 2 aromatic rings. The minimum absolute atomic E-state index is 0.0782. The molecule has 73 heavy (non-hydrogen) atoms. The maximum Gasteiger partial charge on any atom is 0.312 e. The number of aromatic nitrogens is 3. The minimum Gasteiger partial charge on any atom is -0.448 e. The number of benzene rings is 1. The molecule has 0 spiro atoms. The Balaban J connectivity index is 1.42. The molecule has 3 saturated heterocycles. The number of aliphatic hydroxyl groups excluding tert-OH is 3. The van der Waals surface area contributed by atoms with E-state index in [0.717, 1.165) is 10.5 Å². The highest BCUT2D eigenvalue weighted by Gasteiger charge is 2.53. The summed E-state index contributed by atoms with van der Waals surface area (Å²) in [4.78, 5) is 19.1. The highest BCUT2D eigenvalue weighted by atomic mass is 127.